The third-order valence-electron chi connectivity index (χ3n) is 1.58. The highest BCUT2D eigenvalue weighted by Crippen LogP contribution is 2.37. The standard InChI is InChI=1S/C8H14NO4PS/c1-2-5-12-14(10,11)13-6-3-9-4-7-15-8-9/h4,7-8H,2-3,5-6H2,1H3. The highest BCUT2D eigenvalue weighted by Gasteiger charge is 2.10. The number of hydrogen-bond acceptors (Lipinski definition) is 5. The van der Waals surface area contributed by atoms with Crippen molar-refractivity contribution in [2.75, 3.05) is 13.2 Å². The fourth-order valence-corrected chi connectivity index (χ4v) is 2.30. The Bertz CT molecular complexity index is 316. The number of phosphoric acid groups is 1. The number of phosphoric ester groups is 1. The predicted octanol–water partition coefficient (Wildman–Crippen LogP) is 0.947. The van der Waals surface area contributed by atoms with Gasteiger partial charge in [-0.1, -0.05) is 18.3 Å². The Kier molecular flexibility index (Phi) is 5.42. The van der Waals surface area contributed by atoms with Crippen molar-refractivity contribution in [2.45, 2.75) is 19.9 Å². The molecule has 0 aliphatic rings. The van der Waals surface area contributed by atoms with E-state index in [0.717, 1.165) is 0 Å². The lowest BCUT2D eigenvalue weighted by Crippen LogP contribution is -2.32. The molecule has 0 radical (unpaired) electrons. The van der Waals surface area contributed by atoms with Crippen LogP contribution < -0.4 is 9.46 Å². The van der Waals surface area contributed by atoms with Crippen molar-refractivity contribution < 1.29 is 23.1 Å². The van der Waals surface area contributed by atoms with Gasteiger partial charge in [-0.2, -0.15) is 4.57 Å². The summed E-state index contributed by atoms with van der Waals surface area (Å²) in [4.78, 5) is 11.1. The summed E-state index contributed by atoms with van der Waals surface area (Å²) in [5.74, 6) is 0. The number of hydrogen-bond donors (Lipinski definition) is 0. The lowest BCUT2D eigenvalue weighted by atomic mass is 10.5. The molecule has 1 atom stereocenters. The summed E-state index contributed by atoms with van der Waals surface area (Å²) in [6.07, 6.45) is 2.51. The van der Waals surface area contributed by atoms with Gasteiger partial charge in [-0.15, -0.1) is 0 Å². The van der Waals surface area contributed by atoms with Crippen LogP contribution in [0.2, 0.25) is 0 Å². The summed E-state index contributed by atoms with van der Waals surface area (Å²) >= 11 is 1.54. The van der Waals surface area contributed by atoms with Gasteiger partial charge < -0.3 is 13.9 Å². The van der Waals surface area contributed by atoms with Gasteiger partial charge in [0.05, 0.1) is 12.0 Å². The Morgan fingerprint density at radius 1 is 1.47 bits per heavy atom. The SMILES string of the molecule is CCCOP(=O)([O-])OCC[n+]1ccsc1. The van der Waals surface area contributed by atoms with E-state index in [2.05, 4.69) is 9.05 Å². The minimum atomic E-state index is -4.09. The lowest BCUT2D eigenvalue weighted by Gasteiger charge is -2.21. The van der Waals surface area contributed by atoms with E-state index in [9.17, 15) is 9.46 Å². The average Bonchev–Trinajstić information content (AvgIpc) is 2.67. The molecule has 1 heterocycles. The molecule has 0 saturated heterocycles. The fourth-order valence-electron chi connectivity index (χ4n) is 0.887. The molecule has 0 N–H and O–H groups in total. The van der Waals surface area contributed by atoms with Crippen LogP contribution >= 0.6 is 19.2 Å². The van der Waals surface area contributed by atoms with Crippen molar-refractivity contribution in [3.05, 3.63) is 17.1 Å². The predicted molar refractivity (Wildman–Crippen MR) is 54.3 cm³/mol. The van der Waals surface area contributed by atoms with Crippen LogP contribution in [0.25, 0.3) is 0 Å². The van der Waals surface area contributed by atoms with E-state index >= 15 is 0 Å². The van der Waals surface area contributed by atoms with E-state index in [0.29, 0.717) is 13.0 Å². The largest absolute Gasteiger partial charge is 0.756 e. The van der Waals surface area contributed by atoms with Crippen LogP contribution in [0, 0.1) is 0 Å². The molecule has 0 spiro atoms. The minimum absolute atomic E-state index is 0.103. The fraction of sp³-hybridized carbons (Fsp3) is 0.625. The molecule has 0 fully saturated rings. The van der Waals surface area contributed by atoms with Crippen molar-refractivity contribution in [3.8, 4) is 0 Å². The zero-order chi connectivity index (χ0) is 11.1. The van der Waals surface area contributed by atoms with Gasteiger partial charge in [-0.3, -0.25) is 4.57 Å². The Labute approximate surface area is 92.9 Å². The van der Waals surface area contributed by atoms with Gasteiger partial charge in [-0.05, 0) is 6.42 Å². The average molecular weight is 251 g/mol. The molecule has 86 valence electrons. The quantitative estimate of drug-likeness (QED) is 0.534. The zero-order valence-corrected chi connectivity index (χ0v) is 10.2. The molecule has 0 saturated carbocycles. The van der Waals surface area contributed by atoms with E-state index in [1.807, 2.05) is 28.6 Å². The van der Waals surface area contributed by atoms with Crippen molar-refractivity contribution in [1.82, 2.24) is 0 Å². The molecule has 0 bridgehead atoms. The number of nitrogens with zero attached hydrogens (tertiary/aromatic N) is 1. The molecule has 15 heavy (non-hydrogen) atoms. The van der Waals surface area contributed by atoms with Gasteiger partial charge >= 0.3 is 0 Å². The van der Waals surface area contributed by atoms with Gasteiger partial charge in [0.25, 0.3) is 7.82 Å². The van der Waals surface area contributed by atoms with Crippen LogP contribution in [0.1, 0.15) is 13.3 Å². The molecular weight excluding hydrogens is 237 g/mol. The van der Waals surface area contributed by atoms with Gasteiger partial charge in [0.15, 0.2) is 12.7 Å². The molecule has 0 aliphatic carbocycles. The Morgan fingerprint density at radius 3 is 2.80 bits per heavy atom. The van der Waals surface area contributed by atoms with Crippen LogP contribution in [0.5, 0.6) is 0 Å². The summed E-state index contributed by atoms with van der Waals surface area (Å²) in [5, 5.41) is 1.91. The molecule has 1 rings (SSSR count). The van der Waals surface area contributed by atoms with Gasteiger partial charge in [0.2, 0.25) is 5.51 Å². The lowest BCUT2D eigenvalue weighted by molar-refractivity contribution is -0.693. The molecule has 0 amide bonds. The second-order valence-electron chi connectivity index (χ2n) is 2.88. The van der Waals surface area contributed by atoms with Gasteiger partial charge in [-0.25, -0.2) is 0 Å². The van der Waals surface area contributed by atoms with E-state index in [4.69, 9.17) is 0 Å². The summed E-state index contributed by atoms with van der Waals surface area (Å²) in [6.45, 7) is 2.62. The van der Waals surface area contributed by atoms with Crippen molar-refractivity contribution in [3.63, 3.8) is 0 Å². The molecule has 1 unspecified atom stereocenters. The minimum Gasteiger partial charge on any atom is -0.756 e. The van der Waals surface area contributed by atoms with Gasteiger partial charge in [0, 0.05) is 0 Å². The number of rotatable bonds is 7. The Morgan fingerprint density at radius 2 is 2.20 bits per heavy atom. The van der Waals surface area contributed by atoms with Crippen LogP contribution in [0.15, 0.2) is 17.1 Å². The third-order valence-corrected chi connectivity index (χ3v) is 3.25. The molecule has 5 nitrogen and oxygen atoms in total. The van der Waals surface area contributed by atoms with Gasteiger partial charge in [0.1, 0.15) is 6.61 Å². The second kappa shape index (κ2) is 6.35. The van der Waals surface area contributed by atoms with E-state index in [-0.39, 0.29) is 13.2 Å². The maximum atomic E-state index is 11.1. The summed E-state index contributed by atoms with van der Waals surface area (Å²) in [7, 11) is -4.09. The van der Waals surface area contributed by atoms with Crippen LogP contribution in [-0.2, 0) is 20.2 Å². The monoisotopic (exact) mass is 251 g/mol. The summed E-state index contributed by atoms with van der Waals surface area (Å²) < 4.78 is 22.2. The smallest absolute Gasteiger partial charge is 0.268 e. The maximum absolute atomic E-state index is 11.1. The van der Waals surface area contributed by atoms with E-state index in [1.165, 1.54) is 0 Å². The van der Waals surface area contributed by atoms with E-state index < -0.39 is 7.82 Å². The highest BCUT2D eigenvalue weighted by atomic mass is 32.1. The molecular formula is C8H14NO4PS. The molecule has 0 aromatic carbocycles. The molecule has 1 aromatic rings. The number of aromatic nitrogens is 1. The normalized spacial score (nSPS) is 15.1. The Balaban J connectivity index is 2.21. The third kappa shape index (κ3) is 5.39. The topological polar surface area (TPSA) is 62.5 Å². The molecule has 0 aliphatic heterocycles. The van der Waals surface area contributed by atoms with Crippen molar-refractivity contribution >= 4 is 19.2 Å². The van der Waals surface area contributed by atoms with Crippen LogP contribution in [0.4, 0.5) is 0 Å². The van der Waals surface area contributed by atoms with Crippen molar-refractivity contribution in [1.29, 1.82) is 0 Å². The molecule has 1 aromatic heterocycles. The second-order valence-corrected chi connectivity index (χ2v) is 5.04. The first-order chi connectivity index (χ1) is 7.14. The summed E-state index contributed by atoms with van der Waals surface area (Å²) in [6, 6.07) is 0. The highest BCUT2D eigenvalue weighted by molar-refractivity contribution is 7.45. The zero-order valence-electron chi connectivity index (χ0n) is 8.50. The number of thiazole rings is 1. The van der Waals surface area contributed by atoms with Crippen LogP contribution in [-0.4, -0.2) is 13.2 Å². The Hall–Kier alpha value is -0.260. The van der Waals surface area contributed by atoms with Crippen LogP contribution in [0.3, 0.4) is 0 Å². The van der Waals surface area contributed by atoms with Crippen molar-refractivity contribution in [2.24, 2.45) is 0 Å². The first-order valence-corrected chi connectivity index (χ1v) is 7.06. The van der Waals surface area contributed by atoms with E-state index in [1.54, 1.807) is 11.3 Å². The first kappa shape index (κ1) is 12.8. The summed E-state index contributed by atoms with van der Waals surface area (Å²) in [5.41, 5.74) is 1.88. The first-order valence-electron chi connectivity index (χ1n) is 4.65. The maximum Gasteiger partial charge on any atom is 0.268 e. The molecule has 7 heteroatoms.